The molecule has 19 heavy (non-hydrogen) atoms. The Morgan fingerprint density at radius 3 is 2.79 bits per heavy atom. The van der Waals surface area contributed by atoms with Gasteiger partial charge in [-0.2, -0.15) is 0 Å². The summed E-state index contributed by atoms with van der Waals surface area (Å²) in [4.78, 5) is 24.4. The topological polar surface area (TPSA) is 146 Å². The van der Waals surface area contributed by atoms with E-state index in [4.69, 9.17) is 22.0 Å². The minimum Gasteiger partial charge on any atom is -0.480 e. The fraction of sp³-hybridized carbons (Fsp3) is 0.727. The predicted octanol–water partition coefficient (Wildman–Crippen LogP) is -1.35. The third-order valence-electron chi connectivity index (χ3n) is 3.15. The third kappa shape index (κ3) is 4.40. The number of hydrogen-bond acceptors (Lipinski definition) is 4. The van der Waals surface area contributed by atoms with E-state index in [1.165, 1.54) is 4.90 Å². The van der Waals surface area contributed by atoms with E-state index in [-0.39, 0.29) is 11.9 Å². The molecule has 8 nitrogen and oxygen atoms in total. The number of guanidine groups is 1. The molecule has 1 fully saturated rings. The maximum absolute atomic E-state index is 12.0. The quantitative estimate of drug-likeness (QED) is 0.229. The van der Waals surface area contributed by atoms with Crippen molar-refractivity contribution in [2.75, 3.05) is 13.1 Å². The molecular formula is C11H21N5O3. The van der Waals surface area contributed by atoms with Crippen LogP contribution in [0.4, 0.5) is 0 Å². The molecule has 8 heteroatoms. The summed E-state index contributed by atoms with van der Waals surface area (Å²) in [5.41, 5.74) is 10.9. The van der Waals surface area contributed by atoms with Crippen LogP contribution < -0.4 is 16.8 Å². The van der Waals surface area contributed by atoms with E-state index in [0.29, 0.717) is 38.8 Å². The van der Waals surface area contributed by atoms with Crippen LogP contribution in [0.2, 0.25) is 0 Å². The van der Waals surface area contributed by atoms with E-state index < -0.39 is 18.1 Å². The van der Waals surface area contributed by atoms with E-state index in [1.54, 1.807) is 0 Å². The molecule has 1 aliphatic heterocycles. The SMILES string of the molecule is N=C(N)NCCCC(N)C(=O)N1CCC[C@@H]1C(=O)O. The second kappa shape index (κ2) is 6.93. The maximum Gasteiger partial charge on any atom is 0.326 e. The molecule has 0 aromatic rings. The number of nitrogens with one attached hydrogen (secondary N) is 2. The highest BCUT2D eigenvalue weighted by Crippen LogP contribution is 2.18. The fourth-order valence-electron chi connectivity index (χ4n) is 2.17. The van der Waals surface area contributed by atoms with Crippen molar-refractivity contribution in [3.05, 3.63) is 0 Å². The van der Waals surface area contributed by atoms with Gasteiger partial charge in [0, 0.05) is 13.1 Å². The number of rotatable bonds is 6. The third-order valence-corrected chi connectivity index (χ3v) is 3.15. The van der Waals surface area contributed by atoms with Gasteiger partial charge in [0.2, 0.25) is 5.91 Å². The number of nitrogens with zero attached hydrogens (tertiary/aromatic N) is 1. The standard InChI is InChI=1S/C11H21N5O3/c12-7(3-1-5-15-11(13)14)9(17)16-6-2-4-8(16)10(18)19/h7-8H,1-6,12H2,(H,18,19)(H4,13,14,15)/t7?,8-/m1/s1. The largest absolute Gasteiger partial charge is 0.480 e. The highest BCUT2D eigenvalue weighted by atomic mass is 16.4. The van der Waals surface area contributed by atoms with Crippen LogP contribution in [0.5, 0.6) is 0 Å². The van der Waals surface area contributed by atoms with Crippen LogP contribution in [-0.4, -0.2) is 53.0 Å². The Morgan fingerprint density at radius 2 is 2.21 bits per heavy atom. The molecule has 0 saturated carbocycles. The average Bonchev–Trinajstić information content (AvgIpc) is 2.82. The number of carboxylic acid groups (broad SMARTS) is 1. The summed E-state index contributed by atoms with van der Waals surface area (Å²) in [7, 11) is 0. The molecule has 1 rings (SSSR count). The summed E-state index contributed by atoms with van der Waals surface area (Å²) < 4.78 is 0. The highest BCUT2D eigenvalue weighted by Gasteiger charge is 2.35. The molecule has 1 aliphatic rings. The van der Waals surface area contributed by atoms with Crippen LogP contribution >= 0.6 is 0 Å². The Bertz CT molecular complexity index is 360. The van der Waals surface area contributed by atoms with E-state index in [0.717, 1.165) is 0 Å². The zero-order valence-electron chi connectivity index (χ0n) is 10.8. The molecule has 7 N–H and O–H groups in total. The number of carboxylic acids is 1. The average molecular weight is 271 g/mol. The van der Waals surface area contributed by atoms with E-state index in [9.17, 15) is 9.59 Å². The molecule has 0 radical (unpaired) electrons. The molecule has 0 aromatic carbocycles. The van der Waals surface area contributed by atoms with Crippen molar-refractivity contribution in [1.29, 1.82) is 5.41 Å². The van der Waals surface area contributed by atoms with E-state index in [2.05, 4.69) is 5.32 Å². The molecule has 0 spiro atoms. The lowest BCUT2D eigenvalue weighted by Gasteiger charge is -2.24. The van der Waals surface area contributed by atoms with Gasteiger partial charge in [-0.1, -0.05) is 0 Å². The fourth-order valence-corrected chi connectivity index (χ4v) is 2.17. The Balaban J connectivity index is 2.39. The Labute approximate surface area is 111 Å². The minimum absolute atomic E-state index is 0.120. The van der Waals surface area contributed by atoms with Gasteiger partial charge in [0.25, 0.3) is 0 Å². The van der Waals surface area contributed by atoms with Crippen molar-refractivity contribution in [1.82, 2.24) is 10.2 Å². The van der Waals surface area contributed by atoms with Crippen molar-refractivity contribution in [3.8, 4) is 0 Å². The van der Waals surface area contributed by atoms with Gasteiger partial charge in [-0.05, 0) is 25.7 Å². The van der Waals surface area contributed by atoms with Crippen molar-refractivity contribution in [2.45, 2.75) is 37.8 Å². The molecule has 0 aliphatic carbocycles. The predicted molar refractivity (Wildman–Crippen MR) is 69.5 cm³/mol. The van der Waals surface area contributed by atoms with Crippen LogP contribution in [0.25, 0.3) is 0 Å². The van der Waals surface area contributed by atoms with Crippen LogP contribution in [0.15, 0.2) is 0 Å². The van der Waals surface area contributed by atoms with Gasteiger partial charge < -0.3 is 26.8 Å². The van der Waals surface area contributed by atoms with Crippen LogP contribution in [0, 0.1) is 5.41 Å². The number of aliphatic carboxylic acids is 1. The molecular weight excluding hydrogens is 250 g/mol. The zero-order valence-corrected chi connectivity index (χ0v) is 10.8. The molecule has 1 unspecified atom stereocenters. The van der Waals surface area contributed by atoms with Gasteiger partial charge >= 0.3 is 5.97 Å². The van der Waals surface area contributed by atoms with Gasteiger partial charge in [-0.25, -0.2) is 4.79 Å². The van der Waals surface area contributed by atoms with Crippen molar-refractivity contribution < 1.29 is 14.7 Å². The smallest absolute Gasteiger partial charge is 0.326 e. The zero-order chi connectivity index (χ0) is 14.4. The molecule has 1 saturated heterocycles. The van der Waals surface area contributed by atoms with Crippen LogP contribution in [0.3, 0.4) is 0 Å². The van der Waals surface area contributed by atoms with Gasteiger partial charge in [0.1, 0.15) is 6.04 Å². The van der Waals surface area contributed by atoms with Crippen molar-refractivity contribution in [2.24, 2.45) is 11.5 Å². The number of nitrogens with two attached hydrogens (primary N) is 2. The summed E-state index contributed by atoms with van der Waals surface area (Å²) >= 11 is 0. The summed E-state index contributed by atoms with van der Waals surface area (Å²) in [5, 5.41) is 18.6. The van der Waals surface area contributed by atoms with Gasteiger partial charge in [-0.15, -0.1) is 0 Å². The van der Waals surface area contributed by atoms with E-state index >= 15 is 0 Å². The summed E-state index contributed by atoms with van der Waals surface area (Å²) in [5.74, 6) is -1.41. The second-order valence-electron chi connectivity index (χ2n) is 4.62. The van der Waals surface area contributed by atoms with Crippen LogP contribution in [0.1, 0.15) is 25.7 Å². The number of carbonyl (C=O) groups is 2. The molecule has 1 amide bonds. The lowest BCUT2D eigenvalue weighted by molar-refractivity contribution is -0.148. The lowest BCUT2D eigenvalue weighted by atomic mass is 10.1. The summed E-state index contributed by atoms with van der Waals surface area (Å²) in [6.07, 6.45) is 2.21. The Hall–Kier alpha value is -1.83. The van der Waals surface area contributed by atoms with Gasteiger partial charge in [0.15, 0.2) is 5.96 Å². The maximum atomic E-state index is 12.0. The molecule has 2 atom stereocenters. The van der Waals surface area contributed by atoms with Crippen molar-refractivity contribution in [3.63, 3.8) is 0 Å². The van der Waals surface area contributed by atoms with Crippen molar-refractivity contribution >= 4 is 17.8 Å². The second-order valence-corrected chi connectivity index (χ2v) is 4.62. The Morgan fingerprint density at radius 1 is 1.53 bits per heavy atom. The summed E-state index contributed by atoms with van der Waals surface area (Å²) in [6, 6.07) is -1.44. The Kier molecular flexibility index (Phi) is 5.56. The normalized spacial score (nSPS) is 20.1. The first-order chi connectivity index (χ1) is 8.93. The molecule has 1 heterocycles. The first-order valence-corrected chi connectivity index (χ1v) is 6.30. The van der Waals surface area contributed by atoms with E-state index in [1.807, 2.05) is 0 Å². The minimum atomic E-state index is -0.976. The number of carbonyl (C=O) groups excluding carboxylic acids is 1. The lowest BCUT2D eigenvalue weighted by Crippen LogP contribution is -2.48. The number of amides is 1. The molecule has 108 valence electrons. The molecule has 0 bridgehead atoms. The monoisotopic (exact) mass is 271 g/mol. The van der Waals surface area contributed by atoms with Crippen LogP contribution in [-0.2, 0) is 9.59 Å². The number of likely N-dealkylation sites (tertiary alicyclic amines) is 1. The summed E-state index contributed by atoms with van der Waals surface area (Å²) in [6.45, 7) is 0.924. The first kappa shape index (κ1) is 15.2. The van der Waals surface area contributed by atoms with Gasteiger partial charge in [-0.3, -0.25) is 10.2 Å². The number of hydrogen-bond donors (Lipinski definition) is 5. The molecule has 0 aromatic heterocycles. The highest BCUT2D eigenvalue weighted by molar-refractivity contribution is 5.87. The van der Waals surface area contributed by atoms with Gasteiger partial charge in [0.05, 0.1) is 6.04 Å². The first-order valence-electron chi connectivity index (χ1n) is 6.30.